The first-order valence-corrected chi connectivity index (χ1v) is 4.75. The molecule has 0 aliphatic carbocycles. The number of methoxy groups -OCH3 is 2. The smallest absolute Gasteiger partial charge is 0.337 e. The zero-order chi connectivity index (χ0) is 13.2. The third-order valence-electron chi connectivity index (χ3n) is 2.42. The lowest BCUT2D eigenvalue weighted by Crippen LogP contribution is -2.13. The number of carboxylic acids is 1. The lowest BCUT2D eigenvalue weighted by Gasteiger charge is -2.16. The maximum atomic E-state index is 13.6. The van der Waals surface area contributed by atoms with Crippen LogP contribution in [0.3, 0.4) is 0 Å². The van der Waals surface area contributed by atoms with Crippen LogP contribution in [0.25, 0.3) is 0 Å². The number of aliphatic hydroxyl groups excluding tert-OH is 1. The van der Waals surface area contributed by atoms with Crippen LogP contribution in [0.1, 0.15) is 17.2 Å². The normalized spacial score (nSPS) is 12.1. The number of benzene rings is 1. The molecule has 0 heterocycles. The molecule has 0 fully saturated rings. The number of aliphatic carboxylic acids is 1. The second-order valence-electron chi connectivity index (χ2n) is 3.38. The number of carbonyl (C=O) groups is 1. The Kier molecular flexibility index (Phi) is 3.90. The van der Waals surface area contributed by atoms with E-state index in [9.17, 15) is 14.3 Å². The van der Waals surface area contributed by atoms with E-state index >= 15 is 0 Å². The monoisotopic (exact) mass is 244 g/mol. The van der Waals surface area contributed by atoms with Crippen LogP contribution in [0.4, 0.5) is 4.39 Å². The van der Waals surface area contributed by atoms with Gasteiger partial charge in [0.05, 0.1) is 14.2 Å². The zero-order valence-electron chi connectivity index (χ0n) is 9.65. The fraction of sp³-hybridized carbons (Fsp3) is 0.364. The van der Waals surface area contributed by atoms with Crippen LogP contribution >= 0.6 is 0 Å². The fourth-order valence-corrected chi connectivity index (χ4v) is 1.57. The van der Waals surface area contributed by atoms with Crippen molar-refractivity contribution in [3.05, 3.63) is 23.0 Å². The second-order valence-corrected chi connectivity index (χ2v) is 3.38. The lowest BCUT2D eigenvalue weighted by molar-refractivity contribution is -0.147. The first-order valence-electron chi connectivity index (χ1n) is 4.75. The molecular weight excluding hydrogens is 231 g/mol. The minimum absolute atomic E-state index is 0.0624. The van der Waals surface area contributed by atoms with Gasteiger partial charge in [-0.2, -0.15) is 0 Å². The Balaban J connectivity index is 3.45. The topological polar surface area (TPSA) is 76.0 Å². The molecule has 1 aromatic rings. The molecule has 0 aromatic heterocycles. The Bertz CT molecular complexity index is 444. The average molecular weight is 244 g/mol. The predicted molar refractivity (Wildman–Crippen MR) is 56.8 cm³/mol. The summed E-state index contributed by atoms with van der Waals surface area (Å²) in [6, 6.07) is 0.926. The van der Waals surface area contributed by atoms with E-state index in [1.807, 2.05) is 0 Å². The van der Waals surface area contributed by atoms with Gasteiger partial charge in [0.15, 0.2) is 23.4 Å². The number of hydrogen-bond donors (Lipinski definition) is 2. The van der Waals surface area contributed by atoms with E-state index in [2.05, 4.69) is 0 Å². The van der Waals surface area contributed by atoms with Crippen LogP contribution in [-0.4, -0.2) is 30.4 Å². The Hall–Kier alpha value is -1.82. The predicted octanol–water partition coefficient (Wildman–Crippen LogP) is 1.27. The lowest BCUT2D eigenvalue weighted by atomic mass is 10.0. The van der Waals surface area contributed by atoms with Crippen LogP contribution < -0.4 is 9.47 Å². The largest absolute Gasteiger partial charge is 0.492 e. The second kappa shape index (κ2) is 5.01. The van der Waals surface area contributed by atoms with E-state index < -0.39 is 17.9 Å². The molecule has 5 nitrogen and oxygen atoms in total. The highest BCUT2D eigenvalue weighted by atomic mass is 19.1. The number of carboxylic acid groups (broad SMARTS) is 1. The van der Waals surface area contributed by atoms with Crippen LogP contribution in [0, 0.1) is 12.7 Å². The fourth-order valence-electron chi connectivity index (χ4n) is 1.57. The summed E-state index contributed by atoms with van der Waals surface area (Å²) in [6.45, 7) is 1.52. The minimum atomic E-state index is -1.80. The molecule has 2 N–H and O–H groups in total. The molecule has 1 rings (SSSR count). The summed E-state index contributed by atoms with van der Waals surface area (Å²) in [6.07, 6.45) is -1.80. The number of ether oxygens (including phenoxy) is 2. The molecule has 0 bridgehead atoms. The van der Waals surface area contributed by atoms with Gasteiger partial charge in [-0.05, 0) is 13.0 Å². The third kappa shape index (κ3) is 2.31. The standard InChI is InChI=1S/C11H13FO5/c1-5-6(8(13)11(14)15)4-7(12)10(17-3)9(5)16-2/h4,8,13H,1-3H3,(H,14,15). The SMILES string of the molecule is COc1c(F)cc(C(O)C(=O)O)c(C)c1OC. The van der Waals surface area contributed by atoms with Gasteiger partial charge in [0.2, 0.25) is 0 Å². The van der Waals surface area contributed by atoms with Crippen molar-refractivity contribution < 1.29 is 28.9 Å². The molecule has 0 spiro atoms. The highest BCUT2D eigenvalue weighted by Gasteiger charge is 2.24. The van der Waals surface area contributed by atoms with Crippen LogP contribution in [0.5, 0.6) is 11.5 Å². The van der Waals surface area contributed by atoms with Crippen molar-refractivity contribution in [2.75, 3.05) is 14.2 Å². The summed E-state index contributed by atoms with van der Waals surface area (Å²) in [5, 5.41) is 18.1. The maximum Gasteiger partial charge on any atom is 0.337 e. The van der Waals surface area contributed by atoms with Crippen molar-refractivity contribution in [3.8, 4) is 11.5 Å². The van der Waals surface area contributed by atoms with Crippen molar-refractivity contribution in [1.29, 1.82) is 0 Å². The highest BCUT2D eigenvalue weighted by molar-refractivity contribution is 5.75. The number of halogens is 1. The van der Waals surface area contributed by atoms with Crippen molar-refractivity contribution in [2.24, 2.45) is 0 Å². The molecule has 1 unspecified atom stereocenters. The van der Waals surface area contributed by atoms with Gasteiger partial charge < -0.3 is 19.7 Å². The summed E-state index contributed by atoms with van der Waals surface area (Å²) in [5.74, 6) is -2.29. The van der Waals surface area contributed by atoms with Gasteiger partial charge in [0.25, 0.3) is 0 Å². The van der Waals surface area contributed by atoms with Gasteiger partial charge in [0.1, 0.15) is 0 Å². The molecule has 1 atom stereocenters. The van der Waals surface area contributed by atoms with Gasteiger partial charge in [-0.1, -0.05) is 0 Å². The minimum Gasteiger partial charge on any atom is -0.492 e. The summed E-state index contributed by atoms with van der Waals surface area (Å²) in [4.78, 5) is 10.7. The molecule has 0 aliphatic heterocycles. The van der Waals surface area contributed by atoms with Gasteiger partial charge in [-0.25, -0.2) is 9.18 Å². The van der Waals surface area contributed by atoms with Gasteiger partial charge >= 0.3 is 5.97 Å². The first-order chi connectivity index (χ1) is 7.93. The third-order valence-corrected chi connectivity index (χ3v) is 2.42. The first kappa shape index (κ1) is 13.2. The van der Waals surface area contributed by atoms with E-state index in [1.165, 1.54) is 21.1 Å². The van der Waals surface area contributed by atoms with E-state index in [0.717, 1.165) is 6.07 Å². The molecule has 0 amide bonds. The molecule has 0 radical (unpaired) electrons. The molecule has 0 saturated carbocycles. The quantitative estimate of drug-likeness (QED) is 0.834. The summed E-state index contributed by atoms with van der Waals surface area (Å²) < 4.78 is 23.4. The van der Waals surface area contributed by atoms with E-state index in [0.29, 0.717) is 5.56 Å². The summed E-state index contributed by atoms with van der Waals surface area (Å²) in [7, 11) is 2.58. The van der Waals surface area contributed by atoms with E-state index in [4.69, 9.17) is 14.6 Å². The van der Waals surface area contributed by atoms with Crippen molar-refractivity contribution in [1.82, 2.24) is 0 Å². The molecule has 0 aliphatic rings. The van der Waals surface area contributed by atoms with Gasteiger partial charge in [-0.3, -0.25) is 0 Å². The molecule has 94 valence electrons. The van der Waals surface area contributed by atoms with Crippen molar-refractivity contribution >= 4 is 5.97 Å². The average Bonchev–Trinajstić information content (AvgIpc) is 2.29. The number of rotatable bonds is 4. The van der Waals surface area contributed by atoms with Crippen molar-refractivity contribution in [3.63, 3.8) is 0 Å². The zero-order valence-corrected chi connectivity index (χ0v) is 9.65. The Morgan fingerprint density at radius 2 is 1.88 bits per heavy atom. The van der Waals surface area contributed by atoms with Crippen LogP contribution in [-0.2, 0) is 4.79 Å². The Morgan fingerprint density at radius 1 is 1.35 bits per heavy atom. The molecule has 1 aromatic carbocycles. The summed E-state index contributed by atoms with van der Waals surface area (Å²) >= 11 is 0. The van der Waals surface area contributed by atoms with E-state index in [-0.39, 0.29) is 17.1 Å². The van der Waals surface area contributed by atoms with Gasteiger partial charge in [0, 0.05) is 11.1 Å². The summed E-state index contributed by atoms with van der Waals surface area (Å²) in [5.41, 5.74) is 0.258. The highest BCUT2D eigenvalue weighted by Crippen LogP contribution is 2.37. The van der Waals surface area contributed by atoms with Crippen LogP contribution in [0.15, 0.2) is 6.07 Å². The van der Waals surface area contributed by atoms with E-state index in [1.54, 1.807) is 0 Å². The maximum absolute atomic E-state index is 13.6. The van der Waals surface area contributed by atoms with Gasteiger partial charge in [-0.15, -0.1) is 0 Å². The molecular formula is C11H13FO5. The Morgan fingerprint density at radius 3 is 2.29 bits per heavy atom. The number of aliphatic hydroxyl groups is 1. The van der Waals surface area contributed by atoms with Crippen molar-refractivity contribution in [2.45, 2.75) is 13.0 Å². The Labute approximate surface area is 97.4 Å². The van der Waals surface area contributed by atoms with Crippen LogP contribution in [0.2, 0.25) is 0 Å². The number of hydrogen-bond acceptors (Lipinski definition) is 4. The molecule has 17 heavy (non-hydrogen) atoms. The molecule has 0 saturated heterocycles. The molecule has 6 heteroatoms.